The fourth-order valence-electron chi connectivity index (χ4n) is 2.46. The van der Waals surface area contributed by atoms with Crippen molar-refractivity contribution in [3.05, 3.63) is 29.8 Å². The van der Waals surface area contributed by atoms with Gasteiger partial charge in [0.05, 0.1) is 4.99 Å². The average Bonchev–Trinajstić information content (AvgIpc) is 2.85. The third kappa shape index (κ3) is 3.70. The molecule has 0 atom stereocenters. The largest absolute Gasteiger partial charge is 0.393 e. The van der Waals surface area contributed by atoms with E-state index in [1.165, 1.54) is 11.3 Å². The fourth-order valence-corrected chi connectivity index (χ4v) is 2.55. The Hall–Kier alpha value is -1.62. The van der Waals surface area contributed by atoms with Crippen molar-refractivity contribution in [2.24, 2.45) is 5.73 Å². The number of para-hydroxylation sites is 1. The first-order valence-corrected chi connectivity index (χ1v) is 7.34. The number of nitrogens with two attached hydrogens (primary N) is 1. The highest BCUT2D eigenvalue weighted by molar-refractivity contribution is 7.80. The van der Waals surface area contributed by atoms with Crippen molar-refractivity contribution in [1.82, 2.24) is 4.90 Å². The number of amides is 1. The molecule has 108 valence electrons. The van der Waals surface area contributed by atoms with E-state index in [1.54, 1.807) is 11.9 Å². The molecule has 0 aromatic heterocycles. The molecule has 1 heterocycles. The van der Waals surface area contributed by atoms with Crippen molar-refractivity contribution >= 4 is 28.8 Å². The maximum atomic E-state index is 12.0. The number of carbonyl (C=O) groups is 1. The second kappa shape index (κ2) is 6.70. The van der Waals surface area contributed by atoms with E-state index in [9.17, 15) is 4.79 Å². The number of hydrogen-bond acceptors (Lipinski definition) is 3. The molecule has 0 unspecified atom stereocenters. The Morgan fingerprint density at radius 1 is 1.40 bits per heavy atom. The number of thiocarbonyl (C=S) groups is 1. The van der Waals surface area contributed by atoms with Gasteiger partial charge in [0.1, 0.15) is 0 Å². The topological polar surface area (TPSA) is 49.6 Å². The first-order chi connectivity index (χ1) is 9.58. The smallest absolute Gasteiger partial charge is 0.224 e. The SMILES string of the molecule is CN(CCC(N)=S)C(=O)CCN1CCc2ccccc21. The predicted molar refractivity (Wildman–Crippen MR) is 86.0 cm³/mol. The van der Waals surface area contributed by atoms with Crippen LogP contribution >= 0.6 is 12.2 Å². The molecule has 0 radical (unpaired) electrons. The molecule has 0 saturated heterocycles. The minimum Gasteiger partial charge on any atom is -0.393 e. The fraction of sp³-hybridized carbons (Fsp3) is 0.467. The van der Waals surface area contributed by atoms with Crippen molar-refractivity contribution < 1.29 is 4.79 Å². The summed E-state index contributed by atoms with van der Waals surface area (Å²) < 4.78 is 0. The van der Waals surface area contributed by atoms with Crippen LogP contribution in [0.15, 0.2) is 24.3 Å². The molecule has 0 saturated carbocycles. The highest BCUT2D eigenvalue weighted by atomic mass is 32.1. The number of hydrogen-bond donors (Lipinski definition) is 1. The van der Waals surface area contributed by atoms with Gasteiger partial charge in [-0.15, -0.1) is 0 Å². The highest BCUT2D eigenvalue weighted by Crippen LogP contribution is 2.27. The number of fused-ring (bicyclic) bond motifs is 1. The van der Waals surface area contributed by atoms with Gasteiger partial charge in [-0.2, -0.15) is 0 Å². The summed E-state index contributed by atoms with van der Waals surface area (Å²) in [5.74, 6) is 0.144. The molecule has 0 spiro atoms. The summed E-state index contributed by atoms with van der Waals surface area (Å²) in [6.45, 7) is 2.38. The van der Waals surface area contributed by atoms with Crippen molar-refractivity contribution in [3.63, 3.8) is 0 Å². The van der Waals surface area contributed by atoms with Crippen LogP contribution in [0, 0.1) is 0 Å². The summed E-state index contributed by atoms with van der Waals surface area (Å²) in [6.07, 6.45) is 2.19. The lowest BCUT2D eigenvalue weighted by atomic mass is 10.2. The number of nitrogens with zero attached hydrogens (tertiary/aromatic N) is 2. The van der Waals surface area contributed by atoms with E-state index in [4.69, 9.17) is 18.0 Å². The molecule has 0 bridgehead atoms. The van der Waals surface area contributed by atoms with E-state index in [2.05, 4.69) is 23.1 Å². The molecular formula is C15H21N3OS. The quantitative estimate of drug-likeness (QED) is 0.808. The van der Waals surface area contributed by atoms with Gasteiger partial charge in [-0.05, 0) is 18.1 Å². The molecule has 1 amide bonds. The van der Waals surface area contributed by atoms with Gasteiger partial charge < -0.3 is 15.5 Å². The van der Waals surface area contributed by atoms with Crippen LogP contribution in [-0.4, -0.2) is 42.5 Å². The van der Waals surface area contributed by atoms with Gasteiger partial charge in [-0.25, -0.2) is 0 Å². The summed E-state index contributed by atoms with van der Waals surface area (Å²) in [6, 6.07) is 8.40. The van der Waals surface area contributed by atoms with Crippen LogP contribution in [0.3, 0.4) is 0 Å². The summed E-state index contributed by atoms with van der Waals surface area (Å²) >= 11 is 4.83. The molecular weight excluding hydrogens is 270 g/mol. The maximum absolute atomic E-state index is 12.0. The van der Waals surface area contributed by atoms with Gasteiger partial charge in [0, 0.05) is 45.2 Å². The Kier molecular flexibility index (Phi) is 4.95. The Balaban J connectivity index is 1.81. The second-order valence-electron chi connectivity index (χ2n) is 5.15. The molecule has 0 aliphatic carbocycles. The van der Waals surface area contributed by atoms with Crippen molar-refractivity contribution in [1.29, 1.82) is 0 Å². The van der Waals surface area contributed by atoms with Gasteiger partial charge in [0.2, 0.25) is 5.91 Å². The Bertz CT molecular complexity index is 504. The van der Waals surface area contributed by atoms with Crippen LogP contribution < -0.4 is 10.6 Å². The molecule has 2 rings (SSSR count). The zero-order valence-corrected chi connectivity index (χ0v) is 12.7. The predicted octanol–water partition coefficient (Wildman–Crippen LogP) is 1.57. The monoisotopic (exact) mass is 291 g/mol. The van der Waals surface area contributed by atoms with Gasteiger partial charge in [0.25, 0.3) is 0 Å². The molecule has 1 aliphatic rings. The minimum absolute atomic E-state index is 0.144. The number of carbonyl (C=O) groups excluding carboxylic acids is 1. The van der Waals surface area contributed by atoms with E-state index >= 15 is 0 Å². The lowest BCUT2D eigenvalue weighted by Crippen LogP contribution is -2.33. The van der Waals surface area contributed by atoms with Gasteiger partial charge in [0.15, 0.2) is 0 Å². The molecule has 1 aromatic carbocycles. The minimum atomic E-state index is 0.144. The lowest BCUT2D eigenvalue weighted by Gasteiger charge is -2.22. The van der Waals surface area contributed by atoms with E-state index < -0.39 is 0 Å². The van der Waals surface area contributed by atoms with Crippen molar-refractivity contribution in [3.8, 4) is 0 Å². The van der Waals surface area contributed by atoms with Crippen molar-refractivity contribution in [2.45, 2.75) is 19.3 Å². The number of anilines is 1. The first-order valence-electron chi connectivity index (χ1n) is 6.93. The Labute approximate surface area is 125 Å². The van der Waals surface area contributed by atoms with Crippen LogP contribution in [0.2, 0.25) is 0 Å². The van der Waals surface area contributed by atoms with E-state index in [-0.39, 0.29) is 5.91 Å². The van der Waals surface area contributed by atoms with Gasteiger partial charge in [-0.1, -0.05) is 30.4 Å². The lowest BCUT2D eigenvalue weighted by molar-refractivity contribution is -0.129. The third-order valence-corrected chi connectivity index (χ3v) is 3.90. The average molecular weight is 291 g/mol. The van der Waals surface area contributed by atoms with Crippen LogP contribution in [0.25, 0.3) is 0 Å². The summed E-state index contributed by atoms with van der Waals surface area (Å²) in [4.78, 5) is 16.5. The summed E-state index contributed by atoms with van der Waals surface area (Å²) in [5, 5.41) is 0. The van der Waals surface area contributed by atoms with Crippen LogP contribution in [0.1, 0.15) is 18.4 Å². The van der Waals surface area contributed by atoms with Gasteiger partial charge in [-0.3, -0.25) is 4.79 Å². The van der Waals surface area contributed by atoms with E-state index in [1.807, 2.05) is 6.07 Å². The third-order valence-electron chi connectivity index (χ3n) is 3.70. The Morgan fingerprint density at radius 2 is 2.15 bits per heavy atom. The zero-order chi connectivity index (χ0) is 14.5. The summed E-state index contributed by atoms with van der Waals surface area (Å²) in [7, 11) is 1.80. The Morgan fingerprint density at radius 3 is 2.90 bits per heavy atom. The number of benzene rings is 1. The molecule has 0 fully saturated rings. The molecule has 2 N–H and O–H groups in total. The van der Waals surface area contributed by atoms with Crippen LogP contribution in [0.4, 0.5) is 5.69 Å². The van der Waals surface area contributed by atoms with Crippen LogP contribution in [-0.2, 0) is 11.2 Å². The van der Waals surface area contributed by atoms with E-state index in [0.717, 1.165) is 19.5 Å². The molecule has 5 heteroatoms. The molecule has 4 nitrogen and oxygen atoms in total. The molecule has 1 aromatic rings. The van der Waals surface area contributed by atoms with Gasteiger partial charge >= 0.3 is 0 Å². The zero-order valence-electron chi connectivity index (χ0n) is 11.8. The summed E-state index contributed by atoms with van der Waals surface area (Å²) in [5.41, 5.74) is 8.10. The highest BCUT2D eigenvalue weighted by Gasteiger charge is 2.19. The standard InChI is InChI=1S/C15H21N3OS/c1-17(9-7-14(16)20)15(19)8-11-18-10-6-12-4-2-3-5-13(12)18/h2-5H,6-11H2,1H3,(H2,16,20). The maximum Gasteiger partial charge on any atom is 0.224 e. The van der Waals surface area contributed by atoms with Crippen LogP contribution in [0.5, 0.6) is 0 Å². The molecule has 1 aliphatic heterocycles. The second-order valence-corrected chi connectivity index (χ2v) is 5.67. The molecule has 20 heavy (non-hydrogen) atoms. The van der Waals surface area contributed by atoms with Crippen molar-refractivity contribution in [2.75, 3.05) is 31.6 Å². The van der Waals surface area contributed by atoms with E-state index in [0.29, 0.717) is 24.4 Å². The normalized spacial score (nSPS) is 13.2. The number of rotatable bonds is 6. The first kappa shape index (κ1) is 14.8.